The van der Waals surface area contributed by atoms with Crippen LogP contribution in [0.4, 0.5) is 21.5 Å². The molecule has 0 unspecified atom stereocenters. The van der Waals surface area contributed by atoms with Crippen LogP contribution in [-0.4, -0.2) is 10.9 Å². The van der Waals surface area contributed by atoms with Crippen LogP contribution in [0.2, 0.25) is 10.0 Å². The molecule has 126 valence electrons. The summed E-state index contributed by atoms with van der Waals surface area (Å²) in [5.74, 6) is -0.776. The zero-order valence-corrected chi connectivity index (χ0v) is 14.3. The van der Waals surface area contributed by atoms with Gasteiger partial charge in [0.15, 0.2) is 0 Å². The van der Waals surface area contributed by atoms with E-state index in [0.29, 0.717) is 27.1 Å². The first-order chi connectivity index (χ1) is 12.0. The second-order valence-corrected chi connectivity index (χ2v) is 6.05. The Morgan fingerprint density at radius 3 is 2.24 bits per heavy atom. The summed E-state index contributed by atoms with van der Waals surface area (Å²) in [4.78, 5) is 16.3. The highest BCUT2D eigenvalue weighted by Crippen LogP contribution is 2.25. The molecular weight excluding hydrogens is 364 g/mol. The summed E-state index contributed by atoms with van der Waals surface area (Å²) in [5.41, 5.74) is 2.03. The van der Waals surface area contributed by atoms with E-state index >= 15 is 0 Å². The SMILES string of the molecule is O=C(Nc1ccc(F)cc1)c1cc(Nc2cc(Cl)cc(Cl)c2)ccn1. The third-order valence-corrected chi connectivity index (χ3v) is 3.68. The molecule has 1 heterocycles. The van der Waals surface area contributed by atoms with Crippen molar-refractivity contribution in [1.82, 2.24) is 4.98 Å². The number of anilines is 3. The topological polar surface area (TPSA) is 54.0 Å². The first-order valence-corrected chi connectivity index (χ1v) is 8.01. The molecule has 1 aromatic heterocycles. The quantitative estimate of drug-likeness (QED) is 0.630. The Balaban J connectivity index is 1.76. The van der Waals surface area contributed by atoms with Crippen molar-refractivity contribution in [2.75, 3.05) is 10.6 Å². The van der Waals surface area contributed by atoms with Crippen LogP contribution in [0.1, 0.15) is 10.5 Å². The number of benzene rings is 2. The summed E-state index contributed by atoms with van der Waals surface area (Å²) in [5, 5.41) is 6.77. The second kappa shape index (κ2) is 7.51. The van der Waals surface area contributed by atoms with Gasteiger partial charge in [-0.25, -0.2) is 4.39 Å². The van der Waals surface area contributed by atoms with E-state index in [0.717, 1.165) is 0 Å². The number of pyridine rings is 1. The molecule has 0 aliphatic carbocycles. The van der Waals surface area contributed by atoms with Gasteiger partial charge in [0.2, 0.25) is 0 Å². The van der Waals surface area contributed by atoms with Gasteiger partial charge in [0.05, 0.1) is 0 Å². The minimum atomic E-state index is -0.403. The van der Waals surface area contributed by atoms with E-state index < -0.39 is 5.91 Å². The van der Waals surface area contributed by atoms with Gasteiger partial charge >= 0.3 is 0 Å². The van der Waals surface area contributed by atoms with Crippen LogP contribution >= 0.6 is 23.2 Å². The van der Waals surface area contributed by atoms with Crippen molar-refractivity contribution >= 4 is 46.2 Å². The van der Waals surface area contributed by atoms with E-state index in [9.17, 15) is 9.18 Å². The number of nitrogens with one attached hydrogen (secondary N) is 2. The number of hydrogen-bond donors (Lipinski definition) is 2. The van der Waals surface area contributed by atoms with Crippen LogP contribution in [-0.2, 0) is 0 Å². The van der Waals surface area contributed by atoms with E-state index in [2.05, 4.69) is 15.6 Å². The average Bonchev–Trinajstić information content (AvgIpc) is 2.56. The Morgan fingerprint density at radius 1 is 0.880 bits per heavy atom. The molecule has 25 heavy (non-hydrogen) atoms. The Bertz CT molecular complexity index is 896. The fourth-order valence-electron chi connectivity index (χ4n) is 2.15. The zero-order chi connectivity index (χ0) is 17.8. The molecular formula is C18H12Cl2FN3O. The van der Waals surface area contributed by atoms with Crippen LogP contribution in [0, 0.1) is 5.82 Å². The van der Waals surface area contributed by atoms with Crippen LogP contribution in [0.5, 0.6) is 0 Å². The first kappa shape index (κ1) is 17.2. The first-order valence-electron chi connectivity index (χ1n) is 7.26. The molecule has 1 amide bonds. The molecule has 2 N–H and O–H groups in total. The average molecular weight is 376 g/mol. The molecule has 2 aromatic carbocycles. The maximum atomic E-state index is 12.9. The van der Waals surface area contributed by atoms with Gasteiger partial charge in [-0.15, -0.1) is 0 Å². The predicted molar refractivity (Wildman–Crippen MR) is 98.3 cm³/mol. The molecule has 3 aromatic rings. The molecule has 0 atom stereocenters. The van der Waals surface area contributed by atoms with Gasteiger partial charge in [0.1, 0.15) is 11.5 Å². The Morgan fingerprint density at radius 2 is 1.56 bits per heavy atom. The standard InChI is InChI=1S/C18H12Cl2FN3O/c19-11-7-12(20)9-16(8-11)23-15-5-6-22-17(10-15)18(25)24-14-3-1-13(21)2-4-14/h1-10H,(H,22,23)(H,24,25). The number of rotatable bonds is 4. The lowest BCUT2D eigenvalue weighted by atomic mass is 10.2. The van der Waals surface area contributed by atoms with Crippen molar-refractivity contribution in [2.24, 2.45) is 0 Å². The lowest BCUT2D eigenvalue weighted by molar-refractivity contribution is 0.102. The van der Waals surface area contributed by atoms with Gasteiger partial charge in [-0.05, 0) is 54.6 Å². The Labute approximate surface area is 153 Å². The second-order valence-electron chi connectivity index (χ2n) is 5.17. The molecule has 3 rings (SSSR count). The molecule has 7 heteroatoms. The van der Waals surface area contributed by atoms with Crippen LogP contribution in [0.15, 0.2) is 60.8 Å². The lowest BCUT2D eigenvalue weighted by Crippen LogP contribution is -2.13. The van der Waals surface area contributed by atoms with Gasteiger partial charge in [0, 0.05) is 33.3 Å². The molecule has 0 aliphatic rings. The highest BCUT2D eigenvalue weighted by atomic mass is 35.5. The van der Waals surface area contributed by atoms with Crippen LogP contribution in [0.25, 0.3) is 0 Å². The third-order valence-electron chi connectivity index (χ3n) is 3.25. The number of amides is 1. The van der Waals surface area contributed by atoms with E-state index in [1.54, 1.807) is 30.3 Å². The number of halogens is 3. The zero-order valence-electron chi connectivity index (χ0n) is 12.8. The van der Waals surface area contributed by atoms with Crippen molar-refractivity contribution in [3.05, 3.63) is 82.4 Å². The van der Waals surface area contributed by atoms with E-state index in [4.69, 9.17) is 23.2 Å². The van der Waals surface area contributed by atoms with Crippen molar-refractivity contribution < 1.29 is 9.18 Å². The monoisotopic (exact) mass is 375 g/mol. The van der Waals surface area contributed by atoms with E-state index in [-0.39, 0.29) is 11.5 Å². The number of hydrogen-bond acceptors (Lipinski definition) is 3. The Hall–Kier alpha value is -2.63. The summed E-state index contributed by atoms with van der Waals surface area (Å²) < 4.78 is 12.9. The maximum absolute atomic E-state index is 12.9. The molecule has 0 radical (unpaired) electrons. The number of nitrogens with zero attached hydrogens (tertiary/aromatic N) is 1. The van der Waals surface area contributed by atoms with E-state index in [1.165, 1.54) is 30.5 Å². The molecule has 0 saturated heterocycles. The lowest BCUT2D eigenvalue weighted by Gasteiger charge is -2.09. The largest absolute Gasteiger partial charge is 0.355 e. The highest BCUT2D eigenvalue weighted by molar-refractivity contribution is 6.35. The third kappa shape index (κ3) is 4.68. The van der Waals surface area contributed by atoms with Crippen LogP contribution < -0.4 is 10.6 Å². The summed E-state index contributed by atoms with van der Waals surface area (Å²) in [7, 11) is 0. The van der Waals surface area contributed by atoms with Crippen molar-refractivity contribution in [2.45, 2.75) is 0 Å². The number of aromatic nitrogens is 1. The number of carbonyl (C=O) groups is 1. The molecule has 0 fully saturated rings. The highest BCUT2D eigenvalue weighted by Gasteiger charge is 2.09. The van der Waals surface area contributed by atoms with Gasteiger partial charge in [-0.2, -0.15) is 0 Å². The fourth-order valence-corrected chi connectivity index (χ4v) is 2.68. The molecule has 0 bridgehead atoms. The fraction of sp³-hybridized carbons (Fsp3) is 0. The molecule has 0 aliphatic heterocycles. The summed E-state index contributed by atoms with van der Waals surface area (Å²) in [6.45, 7) is 0. The minimum absolute atomic E-state index is 0.211. The predicted octanol–water partition coefficient (Wildman–Crippen LogP) is 5.52. The van der Waals surface area contributed by atoms with Crippen molar-refractivity contribution in [3.63, 3.8) is 0 Å². The van der Waals surface area contributed by atoms with Gasteiger partial charge in [0.25, 0.3) is 5.91 Å². The maximum Gasteiger partial charge on any atom is 0.274 e. The molecule has 4 nitrogen and oxygen atoms in total. The van der Waals surface area contributed by atoms with Crippen molar-refractivity contribution in [3.8, 4) is 0 Å². The summed E-state index contributed by atoms with van der Waals surface area (Å²) in [6.07, 6.45) is 1.51. The van der Waals surface area contributed by atoms with Crippen molar-refractivity contribution in [1.29, 1.82) is 0 Å². The Kier molecular flexibility index (Phi) is 5.16. The number of carbonyl (C=O) groups excluding carboxylic acids is 1. The van der Waals surface area contributed by atoms with Gasteiger partial charge in [-0.3, -0.25) is 9.78 Å². The van der Waals surface area contributed by atoms with Crippen LogP contribution in [0.3, 0.4) is 0 Å². The smallest absolute Gasteiger partial charge is 0.274 e. The van der Waals surface area contributed by atoms with Gasteiger partial charge in [-0.1, -0.05) is 23.2 Å². The van der Waals surface area contributed by atoms with Gasteiger partial charge < -0.3 is 10.6 Å². The summed E-state index contributed by atoms with van der Waals surface area (Å²) >= 11 is 11.9. The normalized spacial score (nSPS) is 10.4. The minimum Gasteiger partial charge on any atom is -0.355 e. The molecule has 0 spiro atoms. The van der Waals surface area contributed by atoms with E-state index in [1.807, 2.05) is 0 Å². The summed E-state index contributed by atoms with van der Waals surface area (Å²) in [6, 6.07) is 13.8. The molecule has 0 saturated carbocycles.